The Morgan fingerprint density at radius 2 is 2.24 bits per heavy atom. The molecule has 1 aromatic heterocycles. The van der Waals surface area contributed by atoms with E-state index in [9.17, 15) is 4.79 Å². The molecule has 4 N–H and O–H groups in total. The Bertz CT molecular complexity index is 546. The Labute approximate surface area is 133 Å². The summed E-state index contributed by atoms with van der Waals surface area (Å²) in [4.78, 5) is 16.2. The van der Waals surface area contributed by atoms with E-state index in [1.54, 1.807) is 0 Å². The van der Waals surface area contributed by atoms with E-state index in [1.807, 2.05) is 0 Å². The average molecular weight is 353 g/mol. The number of nitrogens with one attached hydrogen (secondary N) is 2. The predicted molar refractivity (Wildman–Crippen MR) is 87.9 cm³/mol. The van der Waals surface area contributed by atoms with E-state index in [2.05, 4.69) is 33.2 Å². The summed E-state index contributed by atoms with van der Waals surface area (Å²) < 4.78 is 0.163. The molecule has 1 aliphatic rings. The monoisotopic (exact) mass is 352 g/mol. The molecule has 0 bridgehead atoms. The van der Waals surface area contributed by atoms with Crippen molar-refractivity contribution < 1.29 is 4.79 Å². The molecule has 21 heavy (non-hydrogen) atoms. The summed E-state index contributed by atoms with van der Waals surface area (Å²) in [7, 11) is 0. The van der Waals surface area contributed by atoms with Crippen LogP contribution in [0, 0.1) is 17.2 Å². The number of hydrogen-bond donors (Lipinski definition) is 3. The van der Waals surface area contributed by atoms with Crippen LogP contribution in [0.3, 0.4) is 0 Å². The van der Waals surface area contributed by atoms with Crippen LogP contribution in [-0.2, 0) is 0 Å². The van der Waals surface area contributed by atoms with Gasteiger partial charge < -0.3 is 11.1 Å². The summed E-state index contributed by atoms with van der Waals surface area (Å²) in [5, 5.41) is 10.4. The van der Waals surface area contributed by atoms with Crippen molar-refractivity contribution in [3.63, 3.8) is 0 Å². The van der Waals surface area contributed by atoms with Gasteiger partial charge in [-0.05, 0) is 46.7 Å². The molecule has 1 amide bonds. The first-order valence-electron chi connectivity index (χ1n) is 7.29. The molecular weight excluding hydrogens is 332 g/mol. The molecule has 2 rings (SSSR count). The zero-order valence-corrected chi connectivity index (χ0v) is 13.7. The molecule has 0 radical (unpaired) electrons. The van der Waals surface area contributed by atoms with Crippen LogP contribution in [0.25, 0.3) is 0 Å². The Morgan fingerprint density at radius 3 is 2.81 bits per heavy atom. The van der Waals surface area contributed by atoms with Gasteiger partial charge in [-0.3, -0.25) is 15.2 Å². The Morgan fingerprint density at radius 1 is 1.52 bits per heavy atom. The number of pyridine rings is 1. The molecule has 2 unspecified atom stereocenters. The number of rotatable bonds is 5. The lowest BCUT2D eigenvalue weighted by molar-refractivity contribution is 0.0942. The molecule has 5 nitrogen and oxygen atoms in total. The van der Waals surface area contributed by atoms with Gasteiger partial charge in [0.1, 0.15) is 10.3 Å². The van der Waals surface area contributed by atoms with Crippen molar-refractivity contribution in [3.05, 3.63) is 23.5 Å². The lowest BCUT2D eigenvalue weighted by atomic mass is 10.0. The minimum absolute atomic E-state index is 0.163. The van der Waals surface area contributed by atoms with Crippen LogP contribution < -0.4 is 11.1 Å². The lowest BCUT2D eigenvalue weighted by Gasteiger charge is -2.12. The highest BCUT2D eigenvalue weighted by Crippen LogP contribution is 2.32. The molecule has 0 spiro atoms. The van der Waals surface area contributed by atoms with Crippen LogP contribution in [-0.4, -0.2) is 22.1 Å². The summed E-state index contributed by atoms with van der Waals surface area (Å²) in [6.07, 6.45) is 6.33. The van der Waals surface area contributed by atoms with E-state index < -0.39 is 0 Å². The summed E-state index contributed by atoms with van der Waals surface area (Å²) >= 11 is 3.05. The van der Waals surface area contributed by atoms with Crippen molar-refractivity contribution in [1.82, 2.24) is 10.3 Å². The minimum Gasteiger partial charge on any atom is -0.398 e. The van der Waals surface area contributed by atoms with E-state index in [4.69, 9.17) is 11.1 Å². The van der Waals surface area contributed by atoms with Crippen LogP contribution in [0.2, 0.25) is 0 Å². The number of carbonyl (C=O) groups is 1. The minimum atomic E-state index is -0.200. The fourth-order valence-corrected chi connectivity index (χ4v) is 3.17. The summed E-state index contributed by atoms with van der Waals surface area (Å²) in [6, 6.07) is 1.52. The number of hydrogen-bond acceptors (Lipinski definition) is 4. The lowest BCUT2D eigenvalue weighted by Crippen LogP contribution is -2.29. The number of aromatic nitrogens is 1. The predicted octanol–water partition coefficient (Wildman–Crippen LogP) is 2.94. The summed E-state index contributed by atoms with van der Waals surface area (Å²) in [5.41, 5.74) is 7.00. The van der Waals surface area contributed by atoms with Gasteiger partial charge in [-0.1, -0.05) is 19.8 Å². The molecule has 1 aromatic rings. The number of nitrogens with two attached hydrogens (primary N) is 1. The Kier molecular flexibility index (Phi) is 5.33. The quantitative estimate of drug-likeness (QED) is 0.711. The van der Waals surface area contributed by atoms with Gasteiger partial charge in [-0.25, -0.2) is 0 Å². The third-order valence-electron chi connectivity index (χ3n) is 4.18. The maximum Gasteiger partial charge on any atom is 0.269 e. The van der Waals surface area contributed by atoms with Crippen molar-refractivity contribution >= 4 is 32.1 Å². The highest BCUT2D eigenvalue weighted by molar-refractivity contribution is 9.18. The topological polar surface area (TPSA) is 91.9 Å². The van der Waals surface area contributed by atoms with Gasteiger partial charge in [0.2, 0.25) is 0 Å². The molecule has 1 saturated carbocycles. The molecule has 2 atom stereocenters. The van der Waals surface area contributed by atoms with Gasteiger partial charge in [0.25, 0.3) is 5.91 Å². The molecular formula is C15H21BrN4O. The van der Waals surface area contributed by atoms with Gasteiger partial charge in [0, 0.05) is 24.0 Å². The molecule has 1 fully saturated rings. The zero-order chi connectivity index (χ0) is 15.4. The number of nitrogens with zero attached hydrogens (tertiary/aromatic N) is 1. The van der Waals surface area contributed by atoms with E-state index in [-0.39, 0.29) is 10.5 Å². The molecule has 0 aliphatic heterocycles. The van der Waals surface area contributed by atoms with Crippen molar-refractivity contribution in [3.8, 4) is 0 Å². The fourth-order valence-electron chi connectivity index (χ4n) is 2.84. The van der Waals surface area contributed by atoms with Crippen LogP contribution >= 0.6 is 15.9 Å². The molecule has 1 aliphatic carbocycles. The van der Waals surface area contributed by atoms with Gasteiger partial charge in [-0.15, -0.1) is 0 Å². The SMILES string of the molecule is CCC1CCC(CNC(=O)c2cc(N)c(C(=N)Br)cn2)C1. The number of nitrogen functional groups attached to an aromatic ring is 1. The van der Waals surface area contributed by atoms with Crippen LogP contribution in [0.4, 0.5) is 5.69 Å². The highest BCUT2D eigenvalue weighted by atomic mass is 79.9. The van der Waals surface area contributed by atoms with Gasteiger partial charge in [0.15, 0.2) is 0 Å². The highest BCUT2D eigenvalue weighted by Gasteiger charge is 2.23. The number of anilines is 1. The summed E-state index contributed by atoms with van der Waals surface area (Å²) in [6.45, 7) is 2.92. The maximum absolute atomic E-state index is 12.1. The van der Waals surface area contributed by atoms with E-state index in [0.717, 1.165) is 5.92 Å². The molecule has 6 heteroatoms. The number of halogens is 1. The summed E-state index contributed by atoms with van der Waals surface area (Å²) in [5.74, 6) is 1.19. The first-order valence-corrected chi connectivity index (χ1v) is 8.08. The van der Waals surface area contributed by atoms with Crippen LogP contribution in [0.5, 0.6) is 0 Å². The first-order chi connectivity index (χ1) is 10.0. The van der Waals surface area contributed by atoms with Crippen molar-refractivity contribution in [2.45, 2.75) is 32.6 Å². The Hall–Kier alpha value is -1.43. The average Bonchev–Trinajstić information content (AvgIpc) is 2.92. The van der Waals surface area contributed by atoms with E-state index >= 15 is 0 Å². The second-order valence-corrected chi connectivity index (χ2v) is 6.43. The van der Waals surface area contributed by atoms with Crippen molar-refractivity contribution in [2.75, 3.05) is 12.3 Å². The van der Waals surface area contributed by atoms with Crippen LogP contribution in [0.15, 0.2) is 12.3 Å². The van der Waals surface area contributed by atoms with E-state index in [0.29, 0.717) is 29.4 Å². The molecule has 0 aromatic carbocycles. The van der Waals surface area contributed by atoms with Gasteiger partial charge in [0.05, 0.1) is 0 Å². The van der Waals surface area contributed by atoms with Gasteiger partial charge >= 0.3 is 0 Å². The largest absolute Gasteiger partial charge is 0.398 e. The van der Waals surface area contributed by atoms with Crippen molar-refractivity contribution in [2.24, 2.45) is 11.8 Å². The molecule has 0 saturated heterocycles. The molecule has 114 valence electrons. The zero-order valence-electron chi connectivity index (χ0n) is 12.2. The second-order valence-electron chi connectivity index (χ2n) is 5.63. The third-order valence-corrected chi connectivity index (χ3v) is 4.61. The smallest absolute Gasteiger partial charge is 0.269 e. The van der Waals surface area contributed by atoms with Crippen molar-refractivity contribution in [1.29, 1.82) is 5.41 Å². The normalized spacial score (nSPS) is 21.2. The third kappa shape index (κ3) is 4.03. The second kappa shape index (κ2) is 7.02. The standard InChI is InChI=1S/C15H21BrN4O/c1-2-9-3-4-10(5-9)7-20-15(21)13-6-12(17)11(8-19-13)14(16)18/h6,8-10,18H,2-5,7H2,1H3,(H2,17,19)(H,20,21). The molecule has 1 heterocycles. The van der Waals surface area contributed by atoms with Gasteiger partial charge in [-0.2, -0.15) is 0 Å². The first kappa shape index (κ1) is 15.9. The fraction of sp³-hybridized carbons (Fsp3) is 0.533. The number of amides is 1. The maximum atomic E-state index is 12.1. The van der Waals surface area contributed by atoms with Crippen LogP contribution in [0.1, 0.15) is 48.7 Å². The van der Waals surface area contributed by atoms with E-state index in [1.165, 1.54) is 37.9 Å². The Balaban J connectivity index is 1.92. The number of carbonyl (C=O) groups excluding carboxylic acids is 1.